The Morgan fingerprint density at radius 2 is 0.433 bits per heavy atom. The van der Waals surface area contributed by atoms with Gasteiger partial charge in [0, 0.05) is 19.3 Å². The molecule has 0 rings (SSSR count). The molecule has 0 fully saturated rings. The lowest BCUT2D eigenvalue weighted by Crippen LogP contribution is -2.30. The van der Waals surface area contributed by atoms with Crippen molar-refractivity contribution in [2.75, 3.05) is 13.2 Å². The van der Waals surface area contributed by atoms with Crippen LogP contribution in [-0.4, -0.2) is 37.2 Å². The molecule has 398 valence electrons. The van der Waals surface area contributed by atoms with Gasteiger partial charge in [0.1, 0.15) is 13.2 Å². The smallest absolute Gasteiger partial charge is 0.306 e. The number of carbonyl (C=O) groups is 3. The van der Waals surface area contributed by atoms with E-state index in [-0.39, 0.29) is 31.1 Å². The molecule has 0 amide bonds. The first-order valence-electron chi connectivity index (χ1n) is 30.1. The Balaban J connectivity index is 4.27. The van der Waals surface area contributed by atoms with Crippen molar-refractivity contribution in [2.24, 2.45) is 17.8 Å². The minimum absolute atomic E-state index is 0.0633. The van der Waals surface area contributed by atoms with Gasteiger partial charge >= 0.3 is 17.9 Å². The predicted molar refractivity (Wildman–Crippen MR) is 289 cm³/mol. The zero-order valence-corrected chi connectivity index (χ0v) is 46.2. The molecule has 0 radical (unpaired) electrons. The van der Waals surface area contributed by atoms with E-state index < -0.39 is 6.10 Å². The normalized spacial score (nSPS) is 12.1. The van der Waals surface area contributed by atoms with Crippen molar-refractivity contribution in [3.8, 4) is 0 Å². The van der Waals surface area contributed by atoms with Gasteiger partial charge in [-0.1, -0.05) is 298 Å². The number of rotatable bonds is 54. The Kier molecular flexibility index (Phi) is 51.0. The number of esters is 3. The zero-order valence-electron chi connectivity index (χ0n) is 46.2. The lowest BCUT2D eigenvalue weighted by atomic mass is 10.0. The van der Waals surface area contributed by atoms with Crippen molar-refractivity contribution in [1.29, 1.82) is 0 Å². The van der Waals surface area contributed by atoms with Gasteiger partial charge in [-0.2, -0.15) is 0 Å². The van der Waals surface area contributed by atoms with Crippen LogP contribution < -0.4 is 0 Å². The van der Waals surface area contributed by atoms with Gasteiger partial charge in [-0.15, -0.1) is 0 Å². The van der Waals surface area contributed by atoms with E-state index in [1.54, 1.807) is 0 Å². The zero-order chi connectivity index (χ0) is 49.1. The van der Waals surface area contributed by atoms with Gasteiger partial charge < -0.3 is 14.2 Å². The van der Waals surface area contributed by atoms with Crippen LogP contribution in [0.2, 0.25) is 0 Å². The number of carbonyl (C=O) groups excluding carboxylic acids is 3. The third-order valence-corrected chi connectivity index (χ3v) is 13.9. The van der Waals surface area contributed by atoms with E-state index in [0.717, 1.165) is 75.5 Å². The van der Waals surface area contributed by atoms with E-state index in [4.69, 9.17) is 14.2 Å². The van der Waals surface area contributed by atoms with Crippen molar-refractivity contribution in [3.05, 3.63) is 0 Å². The summed E-state index contributed by atoms with van der Waals surface area (Å²) in [5.41, 5.74) is 0. The number of unbranched alkanes of at least 4 members (excludes halogenated alkanes) is 37. The second-order valence-electron chi connectivity index (χ2n) is 22.4. The van der Waals surface area contributed by atoms with Crippen molar-refractivity contribution in [3.63, 3.8) is 0 Å². The monoisotopic (exact) mass is 947 g/mol. The molecular formula is C61H118O6. The average molecular weight is 948 g/mol. The van der Waals surface area contributed by atoms with Gasteiger partial charge in [-0.3, -0.25) is 14.4 Å². The van der Waals surface area contributed by atoms with Crippen molar-refractivity contribution < 1.29 is 28.6 Å². The largest absolute Gasteiger partial charge is 0.462 e. The Bertz CT molecular complexity index is 1040. The van der Waals surface area contributed by atoms with Crippen molar-refractivity contribution in [1.82, 2.24) is 0 Å². The molecule has 6 nitrogen and oxygen atoms in total. The van der Waals surface area contributed by atoms with Gasteiger partial charge in [0.2, 0.25) is 0 Å². The lowest BCUT2D eigenvalue weighted by Gasteiger charge is -2.18. The van der Waals surface area contributed by atoms with Crippen LogP contribution in [0.4, 0.5) is 0 Å². The highest BCUT2D eigenvalue weighted by molar-refractivity contribution is 5.71. The van der Waals surface area contributed by atoms with Crippen LogP contribution in [0.25, 0.3) is 0 Å². The summed E-state index contributed by atoms with van der Waals surface area (Å²) < 4.78 is 16.9. The minimum Gasteiger partial charge on any atom is -0.462 e. The second kappa shape index (κ2) is 52.2. The molecule has 0 N–H and O–H groups in total. The highest BCUT2D eigenvalue weighted by Crippen LogP contribution is 2.19. The fourth-order valence-electron chi connectivity index (χ4n) is 9.35. The number of hydrogen-bond acceptors (Lipinski definition) is 6. The summed E-state index contributed by atoms with van der Waals surface area (Å²) in [6, 6.07) is 0. The maximum Gasteiger partial charge on any atom is 0.306 e. The van der Waals surface area contributed by atoms with Crippen molar-refractivity contribution in [2.45, 2.75) is 343 Å². The van der Waals surface area contributed by atoms with Gasteiger partial charge in [-0.25, -0.2) is 0 Å². The van der Waals surface area contributed by atoms with E-state index >= 15 is 0 Å². The fraction of sp³-hybridized carbons (Fsp3) is 0.951. The maximum atomic E-state index is 12.8. The molecule has 0 saturated carbocycles. The highest BCUT2D eigenvalue weighted by Gasteiger charge is 2.19. The second-order valence-corrected chi connectivity index (χ2v) is 22.4. The van der Waals surface area contributed by atoms with Crippen LogP contribution in [-0.2, 0) is 28.6 Å². The molecule has 0 aromatic heterocycles. The van der Waals surface area contributed by atoms with Crippen LogP contribution in [0, 0.1) is 17.8 Å². The fourth-order valence-corrected chi connectivity index (χ4v) is 9.35. The predicted octanol–water partition coefficient (Wildman–Crippen LogP) is 19.9. The number of hydrogen-bond donors (Lipinski definition) is 0. The summed E-state index contributed by atoms with van der Waals surface area (Å²) in [6.07, 6.45) is 55.3. The molecule has 6 heteroatoms. The summed E-state index contributed by atoms with van der Waals surface area (Å²) >= 11 is 0. The van der Waals surface area contributed by atoms with Gasteiger partial charge in [0.25, 0.3) is 0 Å². The number of ether oxygens (including phenoxy) is 3. The topological polar surface area (TPSA) is 78.9 Å². The highest BCUT2D eigenvalue weighted by atomic mass is 16.6. The molecule has 0 bridgehead atoms. The summed E-state index contributed by atoms with van der Waals surface area (Å²) in [4.78, 5) is 38.2. The molecule has 0 aromatic carbocycles. The molecule has 0 aromatic rings. The van der Waals surface area contributed by atoms with E-state index in [0.29, 0.717) is 19.3 Å². The lowest BCUT2D eigenvalue weighted by molar-refractivity contribution is -0.167. The Labute approximate surface area is 418 Å². The molecule has 0 aliphatic heterocycles. The quantitative estimate of drug-likeness (QED) is 0.0343. The van der Waals surface area contributed by atoms with Gasteiger partial charge in [0.15, 0.2) is 6.10 Å². The van der Waals surface area contributed by atoms with Gasteiger partial charge in [0.05, 0.1) is 0 Å². The molecule has 0 heterocycles. The molecule has 1 atom stereocenters. The molecule has 0 aliphatic carbocycles. The summed E-state index contributed by atoms with van der Waals surface area (Å²) in [7, 11) is 0. The van der Waals surface area contributed by atoms with Crippen LogP contribution in [0.1, 0.15) is 337 Å². The molecular weight excluding hydrogens is 829 g/mol. The standard InChI is InChI=1S/C61H118O6/c1-55(2)47-41-35-29-23-17-13-9-7-8-10-15-19-26-32-38-44-50-59(62)65-53-58(67-61(64)52-46-40-34-28-22-21-25-31-37-43-49-57(5)6)54-66-60(63)51-45-39-33-27-20-16-12-11-14-18-24-30-36-42-48-56(3)4/h55-58H,7-54H2,1-6H3/t58-/m1/s1. The third kappa shape index (κ3) is 55.2. The molecule has 0 aliphatic rings. The molecule has 0 unspecified atom stereocenters. The minimum atomic E-state index is -0.764. The van der Waals surface area contributed by atoms with Crippen molar-refractivity contribution >= 4 is 17.9 Å². The van der Waals surface area contributed by atoms with Gasteiger partial charge in [-0.05, 0) is 37.0 Å². The first kappa shape index (κ1) is 65.4. The van der Waals surface area contributed by atoms with E-state index in [9.17, 15) is 14.4 Å². The van der Waals surface area contributed by atoms with E-state index in [1.165, 1.54) is 218 Å². The molecule has 0 saturated heterocycles. The van der Waals surface area contributed by atoms with Crippen LogP contribution in [0.15, 0.2) is 0 Å². The first-order valence-corrected chi connectivity index (χ1v) is 30.1. The maximum absolute atomic E-state index is 12.8. The average Bonchev–Trinajstić information content (AvgIpc) is 3.29. The van der Waals surface area contributed by atoms with Crippen LogP contribution >= 0.6 is 0 Å². The van der Waals surface area contributed by atoms with E-state index in [1.807, 2.05) is 0 Å². The van der Waals surface area contributed by atoms with E-state index in [2.05, 4.69) is 41.5 Å². The third-order valence-electron chi connectivity index (χ3n) is 13.9. The Hall–Kier alpha value is -1.59. The van der Waals surface area contributed by atoms with Crippen LogP contribution in [0.3, 0.4) is 0 Å². The Morgan fingerprint density at radius 1 is 0.254 bits per heavy atom. The first-order chi connectivity index (χ1) is 32.6. The van der Waals surface area contributed by atoms with Crippen LogP contribution in [0.5, 0.6) is 0 Å². The molecule has 0 spiro atoms. The Morgan fingerprint density at radius 3 is 0.642 bits per heavy atom. The summed E-state index contributed by atoms with van der Waals surface area (Å²) in [5.74, 6) is 1.67. The summed E-state index contributed by atoms with van der Waals surface area (Å²) in [6.45, 7) is 13.8. The summed E-state index contributed by atoms with van der Waals surface area (Å²) in [5, 5.41) is 0. The molecule has 67 heavy (non-hydrogen) atoms. The SMILES string of the molecule is CC(C)CCCCCCCCCCCCCCCCCCC(=O)OC[C@H](COC(=O)CCCCCCCCCCCCCCCCC(C)C)OC(=O)CCCCCCCCCCCCC(C)C.